The van der Waals surface area contributed by atoms with Crippen molar-refractivity contribution < 1.29 is 9.59 Å². The molecule has 0 heterocycles. The first-order chi connectivity index (χ1) is 12.3. The van der Waals surface area contributed by atoms with E-state index in [9.17, 15) is 9.59 Å². The Labute approximate surface area is 167 Å². The number of carbonyl (C=O) groups excluding carboxylic acids is 2. The van der Waals surface area contributed by atoms with Gasteiger partial charge in [-0.3, -0.25) is 9.59 Å². The van der Waals surface area contributed by atoms with Crippen LogP contribution in [-0.4, -0.2) is 11.8 Å². The van der Waals surface area contributed by atoms with Gasteiger partial charge in [0.25, 0.3) is 0 Å². The second-order valence-electron chi connectivity index (χ2n) is 6.75. The highest BCUT2D eigenvalue weighted by Crippen LogP contribution is 2.18. The van der Waals surface area contributed by atoms with Crippen molar-refractivity contribution >= 4 is 29.9 Å². The molecule has 0 aromatic heterocycles. The second kappa shape index (κ2) is 10.1. The molecule has 0 saturated carbocycles. The number of nitrogens with one attached hydrogen (secondary N) is 2. The van der Waals surface area contributed by atoms with Gasteiger partial charge in [0.2, 0.25) is 11.8 Å². The molecule has 146 valence electrons. The van der Waals surface area contributed by atoms with Crippen molar-refractivity contribution in [2.75, 3.05) is 5.32 Å². The van der Waals surface area contributed by atoms with Crippen LogP contribution < -0.4 is 16.4 Å². The van der Waals surface area contributed by atoms with E-state index >= 15 is 0 Å². The van der Waals surface area contributed by atoms with E-state index < -0.39 is 5.54 Å². The summed E-state index contributed by atoms with van der Waals surface area (Å²) in [6.07, 6.45) is 0.788. The average Bonchev–Trinajstić information content (AvgIpc) is 2.66. The molecule has 5 nitrogen and oxygen atoms in total. The van der Waals surface area contributed by atoms with Crippen molar-refractivity contribution in [3.05, 3.63) is 65.7 Å². The van der Waals surface area contributed by atoms with Crippen molar-refractivity contribution in [3.8, 4) is 0 Å². The summed E-state index contributed by atoms with van der Waals surface area (Å²) < 4.78 is 0. The molecule has 0 fully saturated rings. The standard InChI is InChI=1S/C21H27N3O2.ClH/c1-4-15(2)19(25)24-18-12-8-9-16(13-18)14-23-20(26)21(3,22)17-10-6-5-7-11-17;/h5-13,15H,4,14,22H2,1-3H3,(H,23,26)(H,24,25);1H. The molecule has 6 heteroatoms. The van der Waals surface area contributed by atoms with Crippen LogP contribution in [0.1, 0.15) is 38.3 Å². The van der Waals surface area contributed by atoms with Gasteiger partial charge in [0.05, 0.1) is 0 Å². The lowest BCUT2D eigenvalue weighted by atomic mass is 9.92. The molecule has 0 aliphatic rings. The van der Waals surface area contributed by atoms with Gasteiger partial charge in [-0.15, -0.1) is 12.4 Å². The Morgan fingerprint density at radius 3 is 2.41 bits per heavy atom. The smallest absolute Gasteiger partial charge is 0.244 e. The topological polar surface area (TPSA) is 84.2 Å². The van der Waals surface area contributed by atoms with Gasteiger partial charge >= 0.3 is 0 Å². The quantitative estimate of drug-likeness (QED) is 0.676. The summed E-state index contributed by atoms with van der Waals surface area (Å²) in [6, 6.07) is 16.7. The number of nitrogens with two attached hydrogens (primary N) is 1. The molecule has 0 saturated heterocycles. The van der Waals surface area contributed by atoms with Gasteiger partial charge < -0.3 is 16.4 Å². The van der Waals surface area contributed by atoms with Gasteiger partial charge in [-0.1, -0.05) is 56.3 Å². The molecular weight excluding hydrogens is 362 g/mol. The fourth-order valence-corrected chi connectivity index (χ4v) is 2.49. The number of carbonyl (C=O) groups is 2. The number of anilines is 1. The Bertz CT molecular complexity index is 763. The minimum absolute atomic E-state index is 0. The van der Waals surface area contributed by atoms with Crippen molar-refractivity contribution in [2.45, 2.75) is 39.3 Å². The zero-order valence-electron chi connectivity index (χ0n) is 16.0. The molecular formula is C21H28ClN3O2. The number of amides is 2. The molecule has 0 aliphatic carbocycles. The fourth-order valence-electron chi connectivity index (χ4n) is 2.49. The molecule has 0 aliphatic heterocycles. The van der Waals surface area contributed by atoms with Crippen molar-refractivity contribution in [1.82, 2.24) is 5.32 Å². The Morgan fingerprint density at radius 2 is 1.78 bits per heavy atom. The predicted molar refractivity (Wildman–Crippen MR) is 112 cm³/mol. The van der Waals surface area contributed by atoms with Gasteiger partial charge in [0.15, 0.2) is 0 Å². The summed E-state index contributed by atoms with van der Waals surface area (Å²) >= 11 is 0. The van der Waals surface area contributed by atoms with Crippen LogP contribution in [0.25, 0.3) is 0 Å². The normalized spacial score (nSPS) is 13.6. The third kappa shape index (κ3) is 6.08. The molecule has 2 unspecified atom stereocenters. The van der Waals surface area contributed by atoms with E-state index in [1.54, 1.807) is 6.92 Å². The number of halogens is 1. The molecule has 0 spiro atoms. The molecule has 0 bridgehead atoms. The van der Waals surface area contributed by atoms with Crippen LogP contribution >= 0.6 is 12.4 Å². The molecule has 2 rings (SSSR count). The Balaban J connectivity index is 0.00000364. The van der Waals surface area contributed by atoms with Gasteiger partial charge in [-0.05, 0) is 36.6 Å². The molecule has 4 N–H and O–H groups in total. The zero-order valence-corrected chi connectivity index (χ0v) is 16.8. The summed E-state index contributed by atoms with van der Waals surface area (Å²) in [5, 5.41) is 5.78. The SMILES string of the molecule is CCC(C)C(=O)Nc1cccc(CNC(=O)C(C)(N)c2ccccc2)c1.Cl. The van der Waals surface area contributed by atoms with Crippen LogP contribution in [0.3, 0.4) is 0 Å². The van der Waals surface area contributed by atoms with Crippen LogP contribution in [-0.2, 0) is 21.7 Å². The van der Waals surface area contributed by atoms with Crippen molar-refractivity contribution in [3.63, 3.8) is 0 Å². The number of hydrogen-bond acceptors (Lipinski definition) is 3. The summed E-state index contributed by atoms with van der Waals surface area (Å²) in [5.41, 5.74) is 7.49. The lowest BCUT2D eigenvalue weighted by Gasteiger charge is -2.24. The van der Waals surface area contributed by atoms with Crippen LogP contribution in [0.4, 0.5) is 5.69 Å². The Kier molecular flexibility index (Phi) is 8.47. The van der Waals surface area contributed by atoms with Gasteiger partial charge in [-0.2, -0.15) is 0 Å². The zero-order chi connectivity index (χ0) is 19.2. The summed E-state index contributed by atoms with van der Waals surface area (Å²) in [4.78, 5) is 24.5. The van der Waals surface area contributed by atoms with Crippen LogP contribution in [0.2, 0.25) is 0 Å². The first-order valence-corrected chi connectivity index (χ1v) is 8.87. The largest absolute Gasteiger partial charge is 0.350 e. The Hall–Kier alpha value is -2.37. The van der Waals surface area contributed by atoms with Crippen LogP contribution in [0, 0.1) is 5.92 Å². The Morgan fingerprint density at radius 1 is 1.11 bits per heavy atom. The number of benzene rings is 2. The van der Waals surface area contributed by atoms with Crippen molar-refractivity contribution in [2.24, 2.45) is 11.7 Å². The molecule has 2 aromatic carbocycles. The first kappa shape index (κ1) is 22.7. The van der Waals surface area contributed by atoms with Gasteiger partial charge in [0.1, 0.15) is 5.54 Å². The van der Waals surface area contributed by atoms with E-state index in [-0.39, 0.29) is 30.1 Å². The number of rotatable bonds is 7. The van der Waals surface area contributed by atoms with Gasteiger partial charge in [-0.25, -0.2) is 0 Å². The van der Waals surface area contributed by atoms with E-state index in [0.29, 0.717) is 6.54 Å². The highest BCUT2D eigenvalue weighted by molar-refractivity contribution is 5.92. The third-order valence-electron chi connectivity index (χ3n) is 4.55. The van der Waals surface area contributed by atoms with E-state index in [1.165, 1.54) is 0 Å². The fraction of sp³-hybridized carbons (Fsp3) is 0.333. The van der Waals surface area contributed by atoms with Crippen LogP contribution in [0.5, 0.6) is 0 Å². The summed E-state index contributed by atoms with van der Waals surface area (Å²) in [6.45, 7) is 5.91. The highest BCUT2D eigenvalue weighted by atomic mass is 35.5. The highest BCUT2D eigenvalue weighted by Gasteiger charge is 2.29. The average molecular weight is 390 g/mol. The summed E-state index contributed by atoms with van der Waals surface area (Å²) in [7, 11) is 0. The monoisotopic (exact) mass is 389 g/mol. The van der Waals surface area contributed by atoms with E-state index in [0.717, 1.165) is 23.2 Å². The molecule has 2 atom stereocenters. The van der Waals surface area contributed by atoms with Gasteiger partial charge in [0, 0.05) is 18.2 Å². The van der Waals surface area contributed by atoms with E-state index in [4.69, 9.17) is 5.73 Å². The predicted octanol–water partition coefficient (Wildman–Crippen LogP) is 3.58. The maximum Gasteiger partial charge on any atom is 0.244 e. The van der Waals surface area contributed by atoms with E-state index in [2.05, 4.69) is 10.6 Å². The first-order valence-electron chi connectivity index (χ1n) is 8.87. The van der Waals surface area contributed by atoms with Crippen LogP contribution in [0.15, 0.2) is 54.6 Å². The molecule has 0 radical (unpaired) electrons. The maximum atomic E-state index is 12.5. The lowest BCUT2D eigenvalue weighted by Crippen LogP contribution is -2.48. The molecule has 2 aromatic rings. The lowest BCUT2D eigenvalue weighted by molar-refractivity contribution is -0.126. The third-order valence-corrected chi connectivity index (χ3v) is 4.55. The molecule has 2 amide bonds. The second-order valence-corrected chi connectivity index (χ2v) is 6.75. The maximum absolute atomic E-state index is 12.5. The van der Waals surface area contributed by atoms with Crippen molar-refractivity contribution in [1.29, 1.82) is 0 Å². The summed E-state index contributed by atoms with van der Waals surface area (Å²) in [5.74, 6) is -0.299. The van der Waals surface area contributed by atoms with E-state index in [1.807, 2.05) is 68.4 Å². The minimum atomic E-state index is -1.11. The minimum Gasteiger partial charge on any atom is -0.350 e. The number of hydrogen-bond donors (Lipinski definition) is 3. The molecule has 27 heavy (non-hydrogen) atoms.